The number of rotatable bonds is 0. The summed E-state index contributed by atoms with van der Waals surface area (Å²) >= 11 is 0. The van der Waals surface area contributed by atoms with Crippen LogP contribution < -0.4 is 0 Å². The van der Waals surface area contributed by atoms with Crippen LogP contribution in [0.4, 0.5) is 0 Å². The molecule has 0 N–H and O–H groups in total. The summed E-state index contributed by atoms with van der Waals surface area (Å²) in [4.78, 5) is 2.50. The molecule has 2 saturated heterocycles. The summed E-state index contributed by atoms with van der Waals surface area (Å²) in [7, 11) is 0. The van der Waals surface area contributed by atoms with Crippen molar-refractivity contribution >= 4 is 0 Å². The second-order valence-corrected chi connectivity index (χ2v) is 3.71. The average Bonchev–Trinajstić information content (AvgIpc) is 2.46. The molecule has 2 nitrogen and oxygen atoms in total. The minimum Gasteiger partial charge on any atom is -0.299 e. The van der Waals surface area contributed by atoms with Crippen molar-refractivity contribution in [1.29, 1.82) is 5.26 Å². The Balaban J connectivity index is 1.99. The minimum atomic E-state index is 0.332. The van der Waals surface area contributed by atoms with Gasteiger partial charge in [-0.15, -0.1) is 0 Å². The highest BCUT2D eigenvalue weighted by molar-refractivity contribution is 4.96. The Morgan fingerprint density at radius 2 is 2.27 bits per heavy atom. The molecule has 2 atom stereocenters. The van der Waals surface area contributed by atoms with Gasteiger partial charge in [0.2, 0.25) is 0 Å². The monoisotopic (exact) mass is 150 g/mol. The molecular weight excluding hydrogens is 136 g/mol. The minimum absolute atomic E-state index is 0.332. The van der Waals surface area contributed by atoms with Gasteiger partial charge in [0.25, 0.3) is 0 Å². The Morgan fingerprint density at radius 1 is 1.36 bits per heavy atom. The lowest BCUT2D eigenvalue weighted by Crippen LogP contribution is -2.33. The van der Waals surface area contributed by atoms with Crippen molar-refractivity contribution in [3.8, 4) is 6.07 Å². The van der Waals surface area contributed by atoms with Crippen LogP contribution in [0, 0.1) is 17.2 Å². The molecule has 0 amide bonds. The van der Waals surface area contributed by atoms with Crippen molar-refractivity contribution in [1.82, 2.24) is 4.90 Å². The van der Waals surface area contributed by atoms with Gasteiger partial charge in [0.1, 0.15) is 0 Å². The summed E-state index contributed by atoms with van der Waals surface area (Å²) in [6.07, 6.45) is 5.18. The molecule has 0 aromatic rings. The zero-order valence-corrected chi connectivity index (χ0v) is 6.79. The first-order chi connectivity index (χ1) is 5.40. The Morgan fingerprint density at radius 3 is 3.00 bits per heavy atom. The van der Waals surface area contributed by atoms with Gasteiger partial charge >= 0.3 is 0 Å². The normalized spacial score (nSPS) is 38.1. The van der Waals surface area contributed by atoms with Crippen LogP contribution in [-0.2, 0) is 0 Å². The van der Waals surface area contributed by atoms with Crippen LogP contribution in [0.2, 0.25) is 0 Å². The van der Waals surface area contributed by atoms with Crippen LogP contribution in [0.5, 0.6) is 0 Å². The van der Waals surface area contributed by atoms with E-state index in [1.807, 2.05) is 0 Å². The van der Waals surface area contributed by atoms with Crippen LogP contribution in [-0.4, -0.2) is 24.0 Å². The molecule has 0 unspecified atom stereocenters. The molecule has 0 radical (unpaired) electrons. The third-order valence-corrected chi connectivity index (χ3v) is 2.94. The van der Waals surface area contributed by atoms with Gasteiger partial charge in [0.15, 0.2) is 0 Å². The smallest absolute Gasteiger partial charge is 0.0669 e. The van der Waals surface area contributed by atoms with Crippen molar-refractivity contribution in [2.75, 3.05) is 13.1 Å². The van der Waals surface area contributed by atoms with E-state index >= 15 is 0 Å². The highest BCUT2D eigenvalue weighted by Gasteiger charge is 2.32. The molecule has 2 heteroatoms. The molecule has 0 saturated carbocycles. The van der Waals surface area contributed by atoms with E-state index in [1.165, 1.54) is 25.8 Å². The summed E-state index contributed by atoms with van der Waals surface area (Å²) in [6.45, 7) is 2.28. The third-order valence-electron chi connectivity index (χ3n) is 2.94. The Kier molecular flexibility index (Phi) is 1.83. The molecule has 2 heterocycles. The lowest BCUT2D eigenvalue weighted by atomic mass is 10.0. The van der Waals surface area contributed by atoms with E-state index < -0.39 is 0 Å². The van der Waals surface area contributed by atoms with Gasteiger partial charge in [-0.3, -0.25) is 4.90 Å². The van der Waals surface area contributed by atoms with Crippen molar-refractivity contribution < 1.29 is 0 Å². The van der Waals surface area contributed by atoms with Gasteiger partial charge in [0, 0.05) is 12.6 Å². The molecule has 2 aliphatic heterocycles. The molecule has 60 valence electrons. The van der Waals surface area contributed by atoms with Gasteiger partial charge in [-0.2, -0.15) is 5.26 Å². The fourth-order valence-corrected chi connectivity index (χ4v) is 2.35. The maximum Gasteiger partial charge on any atom is 0.0669 e. The Hall–Kier alpha value is -0.550. The van der Waals surface area contributed by atoms with Gasteiger partial charge in [-0.25, -0.2) is 0 Å². The predicted molar refractivity (Wildman–Crippen MR) is 42.9 cm³/mol. The zero-order chi connectivity index (χ0) is 7.68. The Labute approximate surface area is 67.8 Å². The van der Waals surface area contributed by atoms with Gasteiger partial charge in [0.05, 0.1) is 12.0 Å². The fourth-order valence-electron chi connectivity index (χ4n) is 2.35. The number of nitriles is 1. The lowest BCUT2D eigenvalue weighted by Gasteiger charge is -2.28. The number of hydrogen-bond donors (Lipinski definition) is 0. The molecule has 2 fully saturated rings. The van der Waals surface area contributed by atoms with E-state index in [4.69, 9.17) is 5.26 Å². The van der Waals surface area contributed by atoms with Crippen molar-refractivity contribution in [2.45, 2.75) is 31.7 Å². The molecule has 0 aromatic carbocycles. The topological polar surface area (TPSA) is 27.0 Å². The number of nitrogens with zero attached hydrogens (tertiary/aromatic N) is 2. The summed E-state index contributed by atoms with van der Waals surface area (Å²) in [5.74, 6) is 0.332. The first-order valence-corrected chi connectivity index (χ1v) is 4.54. The third kappa shape index (κ3) is 1.25. The second kappa shape index (κ2) is 2.83. The Bertz CT molecular complexity index is 168. The molecule has 0 bridgehead atoms. The largest absolute Gasteiger partial charge is 0.299 e. The summed E-state index contributed by atoms with van der Waals surface area (Å²) < 4.78 is 0. The standard InChI is InChI=1S/C9H14N2/c10-6-8-5-9-3-1-2-4-11(9)7-8/h8-9H,1-5,7H2/t8-,9-/m0/s1. The van der Waals surface area contributed by atoms with E-state index in [1.54, 1.807) is 0 Å². The highest BCUT2D eigenvalue weighted by Crippen LogP contribution is 2.29. The predicted octanol–water partition coefficient (Wildman–Crippen LogP) is 1.38. The average molecular weight is 150 g/mol. The van der Waals surface area contributed by atoms with Crippen molar-refractivity contribution in [3.63, 3.8) is 0 Å². The van der Waals surface area contributed by atoms with Gasteiger partial charge < -0.3 is 0 Å². The quantitative estimate of drug-likeness (QED) is 0.521. The molecule has 0 aromatic heterocycles. The van der Waals surface area contributed by atoms with Crippen LogP contribution in [0.15, 0.2) is 0 Å². The van der Waals surface area contributed by atoms with Crippen LogP contribution in [0.3, 0.4) is 0 Å². The van der Waals surface area contributed by atoms with Crippen LogP contribution >= 0.6 is 0 Å². The summed E-state index contributed by atoms with van der Waals surface area (Å²) in [5.41, 5.74) is 0. The lowest BCUT2D eigenvalue weighted by molar-refractivity contribution is 0.197. The van der Waals surface area contributed by atoms with E-state index in [2.05, 4.69) is 11.0 Å². The molecule has 0 aliphatic carbocycles. The maximum atomic E-state index is 8.74. The first kappa shape index (κ1) is 7.12. The molecular formula is C9H14N2. The highest BCUT2D eigenvalue weighted by atomic mass is 15.2. The molecule has 0 spiro atoms. The van der Waals surface area contributed by atoms with E-state index in [-0.39, 0.29) is 0 Å². The van der Waals surface area contributed by atoms with Gasteiger partial charge in [-0.05, 0) is 25.8 Å². The molecule has 11 heavy (non-hydrogen) atoms. The SMILES string of the molecule is N#C[C@@H]1C[C@@H]2CCCCN2C1. The maximum absolute atomic E-state index is 8.74. The fraction of sp³-hybridized carbons (Fsp3) is 0.889. The number of fused-ring (bicyclic) bond motifs is 1. The number of hydrogen-bond acceptors (Lipinski definition) is 2. The van der Waals surface area contributed by atoms with Gasteiger partial charge in [-0.1, -0.05) is 6.42 Å². The molecule has 2 rings (SSSR count). The van der Waals surface area contributed by atoms with E-state index in [9.17, 15) is 0 Å². The first-order valence-electron chi connectivity index (χ1n) is 4.54. The summed E-state index contributed by atoms with van der Waals surface area (Å²) in [5, 5.41) is 8.74. The zero-order valence-electron chi connectivity index (χ0n) is 6.79. The van der Waals surface area contributed by atoms with E-state index in [0.29, 0.717) is 5.92 Å². The van der Waals surface area contributed by atoms with Crippen LogP contribution in [0.25, 0.3) is 0 Å². The van der Waals surface area contributed by atoms with E-state index in [0.717, 1.165) is 19.0 Å². The summed E-state index contributed by atoms with van der Waals surface area (Å²) in [6, 6.07) is 3.14. The van der Waals surface area contributed by atoms with Crippen LogP contribution in [0.1, 0.15) is 25.7 Å². The number of piperidine rings is 1. The molecule has 2 aliphatic rings. The second-order valence-electron chi connectivity index (χ2n) is 3.71. The van der Waals surface area contributed by atoms with Crippen molar-refractivity contribution in [3.05, 3.63) is 0 Å². The van der Waals surface area contributed by atoms with Crippen molar-refractivity contribution in [2.24, 2.45) is 5.92 Å².